The minimum absolute atomic E-state index is 0.166. The third-order valence-corrected chi connectivity index (χ3v) is 4.79. The number of carbonyl (C=O) groups excluding carboxylic acids is 1. The lowest BCUT2D eigenvalue weighted by Crippen LogP contribution is -2.41. The summed E-state index contributed by atoms with van der Waals surface area (Å²) in [5.74, 6) is -0.166. The van der Waals surface area contributed by atoms with Crippen LogP contribution in [0.4, 0.5) is 13.2 Å². The topological polar surface area (TPSA) is 51.0 Å². The van der Waals surface area contributed by atoms with Crippen LogP contribution in [0.15, 0.2) is 48.8 Å². The van der Waals surface area contributed by atoms with Crippen LogP contribution in [0.25, 0.3) is 10.9 Å². The molecule has 4 rings (SSSR count). The third-order valence-electron chi connectivity index (χ3n) is 4.79. The second kappa shape index (κ2) is 6.68. The van der Waals surface area contributed by atoms with Gasteiger partial charge < -0.3 is 4.90 Å². The van der Waals surface area contributed by atoms with Crippen molar-refractivity contribution in [2.24, 2.45) is 0 Å². The molecule has 8 heteroatoms. The molecule has 1 unspecified atom stereocenters. The van der Waals surface area contributed by atoms with E-state index in [1.54, 1.807) is 17.2 Å². The summed E-state index contributed by atoms with van der Waals surface area (Å²) in [5, 5.41) is 4.53. The molecule has 1 aliphatic rings. The molecule has 1 aromatic carbocycles. The summed E-state index contributed by atoms with van der Waals surface area (Å²) in [7, 11) is 0. The van der Waals surface area contributed by atoms with E-state index in [1.165, 1.54) is 10.9 Å². The lowest BCUT2D eigenvalue weighted by molar-refractivity contribution is -0.141. The van der Waals surface area contributed by atoms with Crippen molar-refractivity contribution in [3.05, 3.63) is 60.0 Å². The summed E-state index contributed by atoms with van der Waals surface area (Å²) < 4.78 is 39.6. The standard InChI is InChI=1S/C19H17F3N4O/c20-19(21,22)17-7-9-26(24-17)15-5-3-8-25(12-15)18(27)14-10-13-4-1-2-6-16(13)23-11-14/h1-2,4,6-7,9-11,15H,3,5,8,12H2. The Balaban J connectivity index is 1.53. The number of alkyl halides is 3. The maximum absolute atomic E-state index is 12.9. The Kier molecular flexibility index (Phi) is 4.33. The third kappa shape index (κ3) is 3.51. The molecule has 0 N–H and O–H groups in total. The first-order chi connectivity index (χ1) is 12.9. The minimum atomic E-state index is -4.47. The number of para-hydroxylation sites is 1. The van der Waals surface area contributed by atoms with E-state index < -0.39 is 11.9 Å². The molecule has 1 amide bonds. The van der Waals surface area contributed by atoms with Gasteiger partial charge in [-0.1, -0.05) is 18.2 Å². The summed E-state index contributed by atoms with van der Waals surface area (Å²) in [6, 6.07) is 10.0. The second-order valence-electron chi connectivity index (χ2n) is 6.64. The fourth-order valence-corrected chi connectivity index (χ4v) is 3.42. The van der Waals surface area contributed by atoms with Crippen LogP contribution >= 0.6 is 0 Å². The first-order valence-electron chi connectivity index (χ1n) is 8.68. The van der Waals surface area contributed by atoms with Crippen molar-refractivity contribution >= 4 is 16.8 Å². The Morgan fingerprint density at radius 2 is 2.00 bits per heavy atom. The largest absolute Gasteiger partial charge is 0.435 e. The van der Waals surface area contributed by atoms with Gasteiger partial charge >= 0.3 is 6.18 Å². The van der Waals surface area contributed by atoms with E-state index >= 15 is 0 Å². The zero-order valence-electron chi connectivity index (χ0n) is 14.4. The number of halogens is 3. The first kappa shape index (κ1) is 17.5. The molecule has 2 aromatic heterocycles. The van der Waals surface area contributed by atoms with Crippen molar-refractivity contribution in [3.8, 4) is 0 Å². The smallest absolute Gasteiger partial charge is 0.336 e. The fourth-order valence-electron chi connectivity index (χ4n) is 3.42. The molecule has 0 spiro atoms. The Morgan fingerprint density at radius 1 is 1.19 bits per heavy atom. The number of nitrogens with zero attached hydrogens (tertiary/aromatic N) is 4. The normalized spacial score (nSPS) is 18.0. The predicted molar refractivity (Wildman–Crippen MR) is 93.1 cm³/mol. The molecule has 0 bridgehead atoms. The molecule has 3 heterocycles. The van der Waals surface area contributed by atoms with Crippen LogP contribution in [-0.2, 0) is 6.18 Å². The van der Waals surface area contributed by atoms with Gasteiger partial charge in [0, 0.05) is 30.9 Å². The molecule has 27 heavy (non-hydrogen) atoms. The number of carbonyl (C=O) groups is 1. The first-order valence-corrected chi connectivity index (χ1v) is 8.68. The van der Waals surface area contributed by atoms with Crippen molar-refractivity contribution in [2.45, 2.75) is 25.1 Å². The predicted octanol–water partition coefficient (Wildman–Crippen LogP) is 3.93. The molecular weight excluding hydrogens is 357 g/mol. The number of pyridine rings is 1. The van der Waals surface area contributed by atoms with E-state index in [9.17, 15) is 18.0 Å². The molecule has 0 aliphatic carbocycles. The van der Waals surface area contributed by atoms with Crippen molar-refractivity contribution in [1.29, 1.82) is 0 Å². The van der Waals surface area contributed by atoms with Gasteiger partial charge in [-0.25, -0.2) is 0 Å². The van der Waals surface area contributed by atoms with Crippen LogP contribution in [0, 0.1) is 0 Å². The lowest BCUT2D eigenvalue weighted by atomic mass is 10.0. The molecule has 3 aromatic rings. The van der Waals surface area contributed by atoms with Gasteiger partial charge in [0.05, 0.1) is 17.1 Å². The fraction of sp³-hybridized carbons (Fsp3) is 0.316. The van der Waals surface area contributed by atoms with Crippen molar-refractivity contribution in [2.75, 3.05) is 13.1 Å². The van der Waals surface area contributed by atoms with Gasteiger partial charge in [0.2, 0.25) is 0 Å². The number of aromatic nitrogens is 3. The quantitative estimate of drug-likeness (QED) is 0.683. The number of hydrogen-bond acceptors (Lipinski definition) is 3. The number of amides is 1. The SMILES string of the molecule is O=C(c1cnc2ccccc2c1)N1CCCC(n2ccc(C(F)(F)F)n2)C1. The molecule has 0 radical (unpaired) electrons. The second-order valence-corrected chi connectivity index (χ2v) is 6.64. The van der Waals surface area contributed by atoms with Crippen LogP contribution < -0.4 is 0 Å². The molecule has 0 saturated carbocycles. The van der Waals surface area contributed by atoms with Gasteiger partial charge in [0.1, 0.15) is 0 Å². The highest BCUT2D eigenvalue weighted by atomic mass is 19.4. The lowest BCUT2D eigenvalue weighted by Gasteiger charge is -2.33. The average molecular weight is 374 g/mol. The van der Waals surface area contributed by atoms with Gasteiger partial charge in [0.25, 0.3) is 5.91 Å². The van der Waals surface area contributed by atoms with Crippen molar-refractivity contribution in [1.82, 2.24) is 19.7 Å². The molecule has 140 valence electrons. The maximum atomic E-state index is 12.9. The van der Waals surface area contributed by atoms with Gasteiger partial charge in [-0.3, -0.25) is 14.5 Å². The van der Waals surface area contributed by atoms with Crippen LogP contribution in [0.5, 0.6) is 0 Å². The van der Waals surface area contributed by atoms with Gasteiger partial charge in [-0.15, -0.1) is 0 Å². The highest BCUT2D eigenvalue weighted by Crippen LogP contribution is 2.29. The Morgan fingerprint density at radius 3 is 2.78 bits per heavy atom. The Labute approximate surface area is 153 Å². The zero-order valence-corrected chi connectivity index (χ0v) is 14.4. The van der Waals surface area contributed by atoms with E-state index in [1.807, 2.05) is 24.3 Å². The van der Waals surface area contributed by atoms with E-state index in [0.717, 1.165) is 17.0 Å². The Hall–Kier alpha value is -2.90. The van der Waals surface area contributed by atoms with Gasteiger partial charge in [-0.05, 0) is 31.0 Å². The number of fused-ring (bicyclic) bond motifs is 1. The van der Waals surface area contributed by atoms with Crippen molar-refractivity contribution < 1.29 is 18.0 Å². The Bertz CT molecular complexity index is 982. The van der Waals surface area contributed by atoms with Crippen molar-refractivity contribution in [3.63, 3.8) is 0 Å². The number of likely N-dealkylation sites (tertiary alicyclic amines) is 1. The molecule has 5 nitrogen and oxygen atoms in total. The maximum Gasteiger partial charge on any atom is 0.435 e. The summed E-state index contributed by atoms with van der Waals surface area (Å²) >= 11 is 0. The summed E-state index contributed by atoms with van der Waals surface area (Å²) in [5.41, 5.74) is 0.372. The van der Waals surface area contributed by atoms with Crippen LogP contribution in [0.2, 0.25) is 0 Å². The summed E-state index contributed by atoms with van der Waals surface area (Å²) in [4.78, 5) is 18.8. The molecular formula is C19H17F3N4O. The highest BCUT2D eigenvalue weighted by molar-refractivity contribution is 5.97. The van der Waals surface area contributed by atoms with Crippen LogP contribution in [-0.4, -0.2) is 38.7 Å². The molecule has 1 atom stereocenters. The zero-order chi connectivity index (χ0) is 19.0. The van der Waals surface area contributed by atoms with Crippen LogP contribution in [0.1, 0.15) is 34.9 Å². The summed E-state index contributed by atoms with van der Waals surface area (Å²) in [6.45, 7) is 0.889. The number of piperidine rings is 1. The van der Waals surface area contributed by atoms with E-state index in [-0.39, 0.29) is 11.9 Å². The molecule has 1 fully saturated rings. The molecule has 1 saturated heterocycles. The molecule has 1 aliphatic heterocycles. The number of benzene rings is 1. The average Bonchev–Trinajstić information content (AvgIpc) is 3.18. The van der Waals surface area contributed by atoms with Crippen LogP contribution in [0.3, 0.4) is 0 Å². The minimum Gasteiger partial charge on any atom is -0.336 e. The summed E-state index contributed by atoms with van der Waals surface area (Å²) in [6.07, 6.45) is -0.202. The monoisotopic (exact) mass is 374 g/mol. The number of hydrogen-bond donors (Lipinski definition) is 0. The van der Waals surface area contributed by atoms with Gasteiger partial charge in [-0.2, -0.15) is 18.3 Å². The highest BCUT2D eigenvalue weighted by Gasteiger charge is 2.35. The number of rotatable bonds is 2. The van der Waals surface area contributed by atoms with E-state index in [2.05, 4.69) is 10.1 Å². The van der Waals surface area contributed by atoms with Gasteiger partial charge in [0.15, 0.2) is 5.69 Å². The van der Waals surface area contributed by atoms with E-state index in [0.29, 0.717) is 31.5 Å². The van der Waals surface area contributed by atoms with E-state index in [4.69, 9.17) is 0 Å².